The van der Waals surface area contributed by atoms with Crippen molar-refractivity contribution in [3.8, 4) is 11.3 Å². The second-order valence-electron chi connectivity index (χ2n) is 5.29. The van der Waals surface area contributed by atoms with Crippen LogP contribution in [0.25, 0.3) is 16.2 Å². The van der Waals surface area contributed by atoms with Gasteiger partial charge in [-0.1, -0.05) is 12.1 Å². The summed E-state index contributed by atoms with van der Waals surface area (Å²) in [4.78, 5) is 17.7. The van der Waals surface area contributed by atoms with Crippen LogP contribution in [-0.2, 0) is 0 Å². The minimum atomic E-state index is -0.286. The van der Waals surface area contributed by atoms with E-state index in [1.807, 2.05) is 30.5 Å². The lowest BCUT2D eigenvalue weighted by Crippen LogP contribution is -2.10. The van der Waals surface area contributed by atoms with Gasteiger partial charge < -0.3 is 9.73 Å². The molecule has 4 aromatic rings. The summed E-state index contributed by atoms with van der Waals surface area (Å²) in [6.07, 6.45) is 2.02. The predicted molar refractivity (Wildman–Crippen MR) is 97.6 cm³/mol. The molecule has 0 aliphatic heterocycles. The second-order valence-corrected chi connectivity index (χ2v) is 6.91. The van der Waals surface area contributed by atoms with Crippen LogP contribution in [0.1, 0.15) is 16.2 Å². The van der Waals surface area contributed by atoms with Gasteiger partial charge in [-0.05, 0) is 47.1 Å². The molecule has 0 aliphatic carbocycles. The number of thiazole rings is 1. The highest BCUT2D eigenvalue weighted by Gasteiger charge is 2.11. The normalized spacial score (nSPS) is 11.1. The van der Waals surface area contributed by atoms with Gasteiger partial charge in [-0.3, -0.25) is 9.20 Å². The first-order valence-electron chi connectivity index (χ1n) is 7.20. The fourth-order valence-electron chi connectivity index (χ4n) is 2.39. The predicted octanol–water partition coefficient (Wildman–Crippen LogP) is 4.98. The van der Waals surface area contributed by atoms with Crippen LogP contribution in [0.4, 0.5) is 5.69 Å². The van der Waals surface area contributed by atoms with Crippen molar-refractivity contribution < 1.29 is 9.21 Å². The average Bonchev–Trinajstić information content (AvgIpc) is 3.26. The molecule has 1 amide bonds. The third kappa shape index (κ3) is 2.76. The van der Waals surface area contributed by atoms with Crippen LogP contribution >= 0.6 is 27.3 Å². The molecule has 0 spiro atoms. The van der Waals surface area contributed by atoms with Gasteiger partial charge in [-0.25, -0.2) is 4.98 Å². The Bertz CT molecular complexity index is 1030. The Hall–Kier alpha value is -2.38. The molecule has 1 N–H and O–H groups in total. The quantitative estimate of drug-likeness (QED) is 0.526. The van der Waals surface area contributed by atoms with Gasteiger partial charge in [0.15, 0.2) is 15.4 Å². The summed E-state index contributed by atoms with van der Waals surface area (Å²) in [6, 6.07) is 10.9. The zero-order valence-corrected chi connectivity index (χ0v) is 15.0. The van der Waals surface area contributed by atoms with E-state index in [4.69, 9.17) is 4.42 Å². The van der Waals surface area contributed by atoms with E-state index in [2.05, 4.69) is 42.9 Å². The zero-order valence-electron chi connectivity index (χ0n) is 12.6. The minimum absolute atomic E-state index is 0.260. The average molecular weight is 402 g/mol. The standard InChI is InChI=1S/C17H12BrN3O2S/c1-10-9-24-17-20-13(8-21(10)17)11-2-4-12(5-3-11)19-16(22)14-6-7-15(18)23-14/h2-9H,1H3,(H,19,22). The molecule has 0 fully saturated rings. The maximum Gasteiger partial charge on any atom is 0.291 e. The zero-order chi connectivity index (χ0) is 16.7. The Balaban J connectivity index is 1.54. The van der Waals surface area contributed by atoms with Gasteiger partial charge in [0.25, 0.3) is 5.91 Å². The van der Waals surface area contributed by atoms with E-state index >= 15 is 0 Å². The molecule has 120 valence electrons. The number of carbonyl (C=O) groups excluding carboxylic acids is 1. The number of carbonyl (C=O) groups is 1. The van der Waals surface area contributed by atoms with Crippen LogP contribution in [0.15, 0.2) is 57.1 Å². The van der Waals surface area contributed by atoms with Crippen molar-refractivity contribution in [2.75, 3.05) is 5.32 Å². The Morgan fingerprint density at radius 2 is 2.04 bits per heavy atom. The van der Waals surface area contributed by atoms with Crippen LogP contribution in [0, 0.1) is 6.92 Å². The third-order valence-electron chi connectivity index (χ3n) is 3.62. The number of imidazole rings is 1. The molecule has 5 nitrogen and oxygen atoms in total. The van der Waals surface area contributed by atoms with E-state index in [0.717, 1.165) is 16.2 Å². The highest BCUT2D eigenvalue weighted by molar-refractivity contribution is 9.10. The first-order valence-corrected chi connectivity index (χ1v) is 8.88. The number of nitrogens with one attached hydrogen (secondary N) is 1. The maximum absolute atomic E-state index is 12.1. The number of benzene rings is 1. The number of amides is 1. The molecule has 0 atom stereocenters. The summed E-state index contributed by atoms with van der Waals surface area (Å²) >= 11 is 4.80. The lowest BCUT2D eigenvalue weighted by molar-refractivity contribution is 0.0995. The largest absolute Gasteiger partial charge is 0.444 e. The molecule has 3 heterocycles. The first-order chi connectivity index (χ1) is 11.6. The molecule has 1 aromatic carbocycles. The molecular weight excluding hydrogens is 390 g/mol. The van der Waals surface area contributed by atoms with E-state index < -0.39 is 0 Å². The molecule has 0 saturated carbocycles. The van der Waals surface area contributed by atoms with E-state index in [0.29, 0.717) is 10.4 Å². The van der Waals surface area contributed by atoms with E-state index in [1.165, 1.54) is 5.69 Å². The summed E-state index contributed by atoms with van der Waals surface area (Å²) < 4.78 is 7.84. The molecular formula is C17H12BrN3O2S. The number of hydrogen-bond acceptors (Lipinski definition) is 4. The molecule has 0 aliphatic rings. The van der Waals surface area contributed by atoms with E-state index in [-0.39, 0.29) is 11.7 Å². The van der Waals surface area contributed by atoms with Crippen molar-refractivity contribution in [3.05, 3.63) is 64.1 Å². The number of aryl methyl sites for hydroxylation is 1. The molecule has 0 radical (unpaired) electrons. The topological polar surface area (TPSA) is 59.5 Å². The third-order valence-corrected chi connectivity index (χ3v) is 5.01. The van der Waals surface area contributed by atoms with Gasteiger partial charge in [-0.15, -0.1) is 11.3 Å². The first kappa shape index (κ1) is 15.2. The number of rotatable bonds is 3. The van der Waals surface area contributed by atoms with Gasteiger partial charge >= 0.3 is 0 Å². The maximum atomic E-state index is 12.1. The van der Waals surface area contributed by atoms with Crippen LogP contribution in [0.3, 0.4) is 0 Å². The van der Waals surface area contributed by atoms with Crippen molar-refractivity contribution in [2.24, 2.45) is 0 Å². The van der Waals surface area contributed by atoms with Crippen LogP contribution in [0.2, 0.25) is 0 Å². The van der Waals surface area contributed by atoms with Gasteiger partial charge in [0.2, 0.25) is 0 Å². The number of aromatic nitrogens is 2. The lowest BCUT2D eigenvalue weighted by Gasteiger charge is -2.04. The fourth-order valence-corrected chi connectivity index (χ4v) is 3.54. The van der Waals surface area contributed by atoms with Gasteiger partial charge in [0.1, 0.15) is 0 Å². The summed E-state index contributed by atoms with van der Waals surface area (Å²) in [5, 5.41) is 4.88. The highest BCUT2D eigenvalue weighted by atomic mass is 79.9. The smallest absolute Gasteiger partial charge is 0.291 e. The van der Waals surface area contributed by atoms with Gasteiger partial charge in [0.05, 0.1) is 5.69 Å². The van der Waals surface area contributed by atoms with Gasteiger partial charge in [-0.2, -0.15) is 0 Å². The number of anilines is 1. The van der Waals surface area contributed by atoms with Crippen LogP contribution < -0.4 is 5.32 Å². The number of halogens is 1. The van der Waals surface area contributed by atoms with Crippen molar-refractivity contribution in [1.82, 2.24) is 9.38 Å². The van der Waals surface area contributed by atoms with Crippen molar-refractivity contribution >= 4 is 43.8 Å². The summed E-state index contributed by atoms with van der Waals surface area (Å²) in [6.45, 7) is 2.06. The monoisotopic (exact) mass is 401 g/mol. The van der Waals surface area contributed by atoms with Crippen molar-refractivity contribution in [3.63, 3.8) is 0 Å². The minimum Gasteiger partial charge on any atom is -0.444 e. The Morgan fingerprint density at radius 1 is 1.25 bits per heavy atom. The van der Waals surface area contributed by atoms with E-state index in [9.17, 15) is 4.79 Å². The van der Waals surface area contributed by atoms with Crippen LogP contribution in [-0.4, -0.2) is 15.3 Å². The summed E-state index contributed by atoms with van der Waals surface area (Å²) in [7, 11) is 0. The van der Waals surface area contributed by atoms with Gasteiger partial charge in [0, 0.05) is 28.5 Å². The SMILES string of the molecule is Cc1csc2nc(-c3ccc(NC(=O)c4ccc(Br)o4)cc3)cn12. The molecule has 0 bridgehead atoms. The molecule has 3 aromatic heterocycles. The number of furan rings is 1. The second kappa shape index (κ2) is 5.92. The lowest BCUT2D eigenvalue weighted by atomic mass is 10.1. The van der Waals surface area contributed by atoms with Crippen molar-refractivity contribution in [2.45, 2.75) is 6.92 Å². The summed E-state index contributed by atoms with van der Waals surface area (Å²) in [5.41, 5.74) is 3.79. The Kier molecular flexibility index (Phi) is 3.74. The molecule has 4 rings (SSSR count). The number of fused-ring (bicyclic) bond motifs is 1. The molecule has 0 unspecified atom stereocenters. The van der Waals surface area contributed by atoms with E-state index in [1.54, 1.807) is 23.5 Å². The van der Waals surface area contributed by atoms with Crippen LogP contribution in [0.5, 0.6) is 0 Å². The molecule has 7 heteroatoms. The number of nitrogens with zero attached hydrogens (tertiary/aromatic N) is 2. The number of hydrogen-bond donors (Lipinski definition) is 1. The molecule has 0 saturated heterocycles. The molecule has 24 heavy (non-hydrogen) atoms. The Labute approximate surface area is 150 Å². The fraction of sp³-hybridized carbons (Fsp3) is 0.0588. The summed E-state index contributed by atoms with van der Waals surface area (Å²) in [5.74, 6) is -0.0256. The van der Waals surface area contributed by atoms with Crippen molar-refractivity contribution in [1.29, 1.82) is 0 Å². The Morgan fingerprint density at radius 3 is 2.71 bits per heavy atom. The highest BCUT2D eigenvalue weighted by Crippen LogP contribution is 2.25.